The fourth-order valence-corrected chi connectivity index (χ4v) is 4.55. The summed E-state index contributed by atoms with van der Waals surface area (Å²) >= 11 is 0. The Morgan fingerprint density at radius 2 is 1.77 bits per heavy atom. The molecule has 1 aromatic heterocycles. The van der Waals surface area contributed by atoms with E-state index in [0.717, 1.165) is 72.2 Å². The average molecular weight is 410 g/mol. The van der Waals surface area contributed by atoms with Gasteiger partial charge in [0.05, 0.1) is 23.4 Å². The number of hydrogen-bond donors (Lipinski definition) is 0. The van der Waals surface area contributed by atoms with Crippen molar-refractivity contribution in [3.8, 4) is 29.0 Å². The first-order chi connectivity index (χ1) is 15.2. The van der Waals surface area contributed by atoms with Crippen molar-refractivity contribution in [2.75, 3.05) is 24.6 Å². The largest absolute Gasteiger partial charge is 0.494 e. The summed E-state index contributed by atoms with van der Waals surface area (Å²) in [5.74, 6) is 3.24. The van der Waals surface area contributed by atoms with Gasteiger partial charge in [-0.3, -0.25) is 0 Å². The third-order valence-corrected chi connectivity index (χ3v) is 6.09. The normalized spacial score (nSPS) is 13.8. The fourth-order valence-electron chi connectivity index (χ4n) is 4.55. The molecule has 156 valence electrons. The molecule has 0 N–H and O–H groups in total. The first-order valence-corrected chi connectivity index (χ1v) is 11.1. The van der Waals surface area contributed by atoms with E-state index in [1.807, 2.05) is 31.2 Å². The van der Waals surface area contributed by atoms with Crippen molar-refractivity contribution in [3.05, 3.63) is 48.0 Å². The number of aryl methyl sites for hydroxylation is 1. The van der Waals surface area contributed by atoms with Gasteiger partial charge in [-0.1, -0.05) is 6.92 Å². The van der Waals surface area contributed by atoms with Crippen LogP contribution in [0.1, 0.15) is 25.8 Å². The van der Waals surface area contributed by atoms with E-state index in [1.54, 1.807) is 0 Å². The lowest BCUT2D eigenvalue weighted by Gasteiger charge is -2.30. The van der Waals surface area contributed by atoms with E-state index in [2.05, 4.69) is 46.6 Å². The number of nitriles is 2. The molecule has 3 aromatic rings. The molecule has 6 heteroatoms. The Bertz CT molecular complexity index is 1150. The first-order valence-electron chi connectivity index (χ1n) is 11.1. The van der Waals surface area contributed by atoms with Gasteiger partial charge in [0.25, 0.3) is 6.71 Å². The Morgan fingerprint density at radius 1 is 1.03 bits per heavy atom. The molecule has 5 nitrogen and oxygen atoms in total. The molecule has 0 amide bonds. The number of fused-ring (bicyclic) bond motifs is 1. The van der Waals surface area contributed by atoms with Crippen molar-refractivity contribution in [1.82, 2.24) is 4.57 Å². The molecule has 0 radical (unpaired) electrons. The van der Waals surface area contributed by atoms with Gasteiger partial charge in [-0.05, 0) is 74.0 Å². The predicted molar refractivity (Wildman–Crippen MR) is 127 cm³/mol. The van der Waals surface area contributed by atoms with Crippen LogP contribution in [0.2, 0.25) is 12.6 Å². The van der Waals surface area contributed by atoms with Crippen molar-refractivity contribution in [2.45, 2.75) is 39.5 Å². The maximum absolute atomic E-state index is 10.0. The quantitative estimate of drug-likeness (QED) is 0.513. The second-order valence-electron chi connectivity index (χ2n) is 8.04. The molecule has 1 aliphatic rings. The molecule has 0 atom stereocenters. The van der Waals surface area contributed by atoms with Gasteiger partial charge >= 0.3 is 0 Å². The van der Waals surface area contributed by atoms with Crippen LogP contribution in [-0.4, -0.2) is 31.0 Å². The van der Waals surface area contributed by atoms with Crippen LogP contribution in [0.5, 0.6) is 5.75 Å². The van der Waals surface area contributed by atoms with E-state index in [1.165, 1.54) is 5.69 Å². The summed E-state index contributed by atoms with van der Waals surface area (Å²) in [7, 11) is 0. The molecule has 0 aliphatic carbocycles. The van der Waals surface area contributed by atoms with Crippen LogP contribution in [0.3, 0.4) is 0 Å². The van der Waals surface area contributed by atoms with Crippen molar-refractivity contribution in [2.24, 2.45) is 0 Å². The lowest BCUT2D eigenvalue weighted by molar-refractivity contribution is 0.340. The first kappa shape index (κ1) is 20.9. The maximum atomic E-state index is 10.0. The Kier molecular flexibility index (Phi) is 6.19. The summed E-state index contributed by atoms with van der Waals surface area (Å²) in [6, 6.07) is 16.9. The van der Waals surface area contributed by atoms with Crippen molar-refractivity contribution in [3.63, 3.8) is 0 Å². The van der Waals surface area contributed by atoms with Gasteiger partial charge in [0.15, 0.2) is 0 Å². The van der Waals surface area contributed by atoms with Crippen LogP contribution in [0.15, 0.2) is 42.5 Å². The van der Waals surface area contributed by atoms with Crippen LogP contribution in [0.25, 0.3) is 22.2 Å². The lowest BCUT2D eigenvalue weighted by atomic mass is 9.45. The summed E-state index contributed by atoms with van der Waals surface area (Å²) < 4.78 is 7.88. The van der Waals surface area contributed by atoms with Crippen LogP contribution >= 0.6 is 0 Å². The molecule has 0 unspecified atom stereocenters. The molecule has 0 saturated carbocycles. The highest BCUT2D eigenvalue weighted by molar-refractivity contribution is 6.67. The summed E-state index contributed by atoms with van der Waals surface area (Å²) in [4.78, 5) is 2.36. The Labute approximate surface area is 184 Å². The zero-order valence-electron chi connectivity index (χ0n) is 18.3. The van der Waals surface area contributed by atoms with Crippen molar-refractivity contribution in [1.29, 1.82) is 10.5 Å². The van der Waals surface area contributed by atoms with E-state index in [9.17, 15) is 10.5 Å². The molecule has 31 heavy (non-hydrogen) atoms. The second-order valence-corrected chi connectivity index (χ2v) is 8.04. The Hall–Kier alpha value is -3.38. The molecule has 2 heterocycles. The van der Waals surface area contributed by atoms with Crippen LogP contribution in [0.4, 0.5) is 5.69 Å². The number of rotatable bonds is 6. The monoisotopic (exact) mass is 410 g/mol. The molecule has 4 rings (SSSR count). The summed E-state index contributed by atoms with van der Waals surface area (Å²) in [5.41, 5.74) is 5.00. The maximum Gasteiger partial charge on any atom is 0.271 e. The van der Waals surface area contributed by atoms with Gasteiger partial charge in [-0.25, -0.2) is 5.26 Å². The van der Waals surface area contributed by atoms with E-state index >= 15 is 0 Å². The van der Waals surface area contributed by atoms with E-state index in [-0.39, 0.29) is 6.71 Å². The number of anilines is 1. The molecule has 2 aromatic carbocycles. The minimum absolute atomic E-state index is 0.167. The molecule has 0 spiro atoms. The number of benzene rings is 2. The Balaban J connectivity index is 1.80. The molecular formula is C25H27BN4O. The van der Waals surface area contributed by atoms with Gasteiger partial charge < -0.3 is 14.2 Å². The van der Waals surface area contributed by atoms with Gasteiger partial charge in [-0.2, -0.15) is 5.26 Å². The fraction of sp³-hybridized carbons (Fsp3) is 0.360. The summed E-state index contributed by atoms with van der Waals surface area (Å²) in [5, 5.41) is 20.2. The third-order valence-electron chi connectivity index (χ3n) is 6.09. The topological polar surface area (TPSA) is 65.0 Å². The van der Waals surface area contributed by atoms with Crippen molar-refractivity contribution >= 4 is 23.3 Å². The van der Waals surface area contributed by atoms with Gasteiger partial charge in [-0.15, -0.1) is 0 Å². The van der Waals surface area contributed by atoms with Gasteiger partial charge in [0.1, 0.15) is 11.8 Å². The van der Waals surface area contributed by atoms with Gasteiger partial charge in [0.2, 0.25) is 0 Å². The van der Waals surface area contributed by atoms with Crippen LogP contribution < -0.4 is 9.64 Å². The lowest BCUT2D eigenvalue weighted by Crippen LogP contribution is -2.36. The third kappa shape index (κ3) is 3.99. The van der Waals surface area contributed by atoms with Gasteiger partial charge in [0, 0.05) is 36.7 Å². The Morgan fingerprint density at radius 3 is 2.39 bits per heavy atom. The summed E-state index contributed by atoms with van der Waals surface area (Å²) in [6.45, 7) is 7.58. The SMILES string of the molecule is CCCn1c(-c2ccc(OCC)cc2)c(C#N)c2ccc(N3CCB(C#N)CC3)cc21. The highest BCUT2D eigenvalue weighted by Crippen LogP contribution is 2.36. The van der Waals surface area contributed by atoms with E-state index in [0.29, 0.717) is 6.61 Å². The standard InChI is InChI=1S/C25H27BN4O/c1-3-13-30-24-16-20(29-14-11-26(18-28)12-15-29)7-10-22(24)23(17-27)25(30)19-5-8-21(9-6-19)31-4-2/h5-10,16H,3-4,11-15H2,1-2H3. The molecule has 0 bridgehead atoms. The zero-order valence-corrected chi connectivity index (χ0v) is 18.3. The number of nitrogens with zero attached hydrogens (tertiary/aromatic N) is 4. The highest BCUT2D eigenvalue weighted by atomic mass is 16.5. The molecule has 1 aliphatic heterocycles. The molecule has 1 saturated heterocycles. The average Bonchev–Trinajstić information content (AvgIpc) is 3.13. The van der Waals surface area contributed by atoms with E-state index < -0.39 is 0 Å². The summed E-state index contributed by atoms with van der Waals surface area (Å²) in [6.07, 6.45) is 2.80. The molecular weight excluding hydrogens is 383 g/mol. The van der Waals surface area contributed by atoms with Crippen LogP contribution in [-0.2, 0) is 6.54 Å². The number of aromatic nitrogens is 1. The number of hydrogen-bond acceptors (Lipinski definition) is 4. The highest BCUT2D eigenvalue weighted by Gasteiger charge is 2.24. The zero-order chi connectivity index (χ0) is 21.8. The van der Waals surface area contributed by atoms with E-state index in [4.69, 9.17) is 4.74 Å². The van der Waals surface area contributed by atoms with Crippen LogP contribution in [0, 0.1) is 22.6 Å². The van der Waals surface area contributed by atoms with Crippen molar-refractivity contribution < 1.29 is 4.74 Å². The predicted octanol–water partition coefficient (Wildman–Crippen LogP) is 5.37. The smallest absolute Gasteiger partial charge is 0.271 e. The minimum Gasteiger partial charge on any atom is -0.494 e. The number of ether oxygens (including phenoxy) is 1. The second kappa shape index (κ2) is 9.19. The minimum atomic E-state index is 0.167. The molecule has 1 fully saturated rings.